The van der Waals surface area contributed by atoms with Crippen molar-refractivity contribution in [3.05, 3.63) is 60.7 Å². The second-order valence-electron chi connectivity index (χ2n) is 5.13. The van der Waals surface area contributed by atoms with Crippen molar-refractivity contribution in [2.24, 2.45) is 0 Å². The van der Waals surface area contributed by atoms with Crippen LogP contribution in [0.4, 0.5) is 0 Å². The van der Waals surface area contributed by atoms with Crippen LogP contribution >= 0.6 is 0 Å². The molecular formula is C20H20O4. The van der Waals surface area contributed by atoms with E-state index in [0.717, 1.165) is 22.3 Å². The second-order valence-corrected chi connectivity index (χ2v) is 5.13. The summed E-state index contributed by atoms with van der Waals surface area (Å²) >= 11 is 0. The number of phenolic OH excluding ortho intramolecular Hbond substituents is 3. The van der Waals surface area contributed by atoms with Crippen LogP contribution in [0.5, 0.6) is 23.0 Å². The van der Waals surface area contributed by atoms with E-state index >= 15 is 0 Å². The Bertz CT molecular complexity index is 822. The number of aromatic hydroxyl groups is 3. The van der Waals surface area contributed by atoms with Crippen LogP contribution in [0.3, 0.4) is 0 Å². The van der Waals surface area contributed by atoms with Crippen molar-refractivity contribution in [1.29, 1.82) is 0 Å². The van der Waals surface area contributed by atoms with Gasteiger partial charge in [-0.05, 0) is 53.1 Å². The van der Waals surface area contributed by atoms with Crippen molar-refractivity contribution >= 4 is 0 Å². The molecule has 0 bridgehead atoms. The monoisotopic (exact) mass is 324 g/mol. The van der Waals surface area contributed by atoms with Crippen LogP contribution < -0.4 is 4.74 Å². The van der Waals surface area contributed by atoms with E-state index in [-0.39, 0.29) is 24.7 Å². The Labute approximate surface area is 141 Å². The minimum absolute atomic E-state index is 0. The van der Waals surface area contributed by atoms with Crippen LogP contribution in [0, 0.1) is 0 Å². The number of benzene rings is 3. The summed E-state index contributed by atoms with van der Waals surface area (Å²) in [6.07, 6.45) is 0. The van der Waals surface area contributed by atoms with Crippen molar-refractivity contribution in [2.75, 3.05) is 7.11 Å². The molecule has 0 radical (unpaired) electrons. The van der Waals surface area contributed by atoms with Gasteiger partial charge in [-0.25, -0.2) is 0 Å². The molecule has 3 aromatic carbocycles. The summed E-state index contributed by atoms with van der Waals surface area (Å²) in [7, 11) is 1.50. The number of rotatable bonds is 3. The first-order valence-corrected chi connectivity index (χ1v) is 7.09. The number of hydrogen-bond donors (Lipinski definition) is 3. The van der Waals surface area contributed by atoms with E-state index in [1.165, 1.54) is 7.11 Å². The lowest BCUT2D eigenvalue weighted by atomic mass is 9.93. The van der Waals surface area contributed by atoms with Gasteiger partial charge in [-0.2, -0.15) is 0 Å². The van der Waals surface area contributed by atoms with Gasteiger partial charge in [0.25, 0.3) is 0 Å². The molecule has 0 amide bonds. The fourth-order valence-electron chi connectivity index (χ4n) is 2.57. The fraction of sp³-hybridized carbons (Fsp3) is 0.100. The molecule has 0 aromatic heterocycles. The molecule has 3 rings (SSSR count). The minimum atomic E-state index is 0. The maximum absolute atomic E-state index is 10.1. The summed E-state index contributed by atoms with van der Waals surface area (Å²) in [4.78, 5) is 0. The smallest absolute Gasteiger partial charge is 0.168 e. The van der Waals surface area contributed by atoms with Crippen molar-refractivity contribution in [3.8, 4) is 45.3 Å². The van der Waals surface area contributed by atoms with Gasteiger partial charge in [-0.15, -0.1) is 0 Å². The second kappa shape index (κ2) is 6.96. The Kier molecular flexibility index (Phi) is 4.99. The molecule has 0 fully saturated rings. The van der Waals surface area contributed by atoms with Crippen molar-refractivity contribution in [1.82, 2.24) is 0 Å². The van der Waals surface area contributed by atoms with Gasteiger partial charge < -0.3 is 20.1 Å². The van der Waals surface area contributed by atoms with Gasteiger partial charge in [0.05, 0.1) is 7.11 Å². The highest BCUT2D eigenvalue weighted by atomic mass is 16.5. The number of hydrogen-bond acceptors (Lipinski definition) is 4. The molecule has 24 heavy (non-hydrogen) atoms. The fourth-order valence-corrected chi connectivity index (χ4v) is 2.57. The molecule has 0 spiro atoms. The van der Waals surface area contributed by atoms with Crippen molar-refractivity contribution < 1.29 is 20.1 Å². The first-order chi connectivity index (χ1) is 11.1. The molecule has 0 unspecified atom stereocenters. The van der Waals surface area contributed by atoms with E-state index < -0.39 is 0 Å². The average molecular weight is 324 g/mol. The van der Waals surface area contributed by atoms with Crippen molar-refractivity contribution in [2.45, 2.75) is 7.43 Å². The molecule has 124 valence electrons. The maximum Gasteiger partial charge on any atom is 0.168 e. The summed E-state index contributed by atoms with van der Waals surface area (Å²) in [5.74, 6) is 0.754. The molecule has 0 atom stereocenters. The van der Waals surface area contributed by atoms with E-state index in [4.69, 9.17) is 4.74 Å². The average Bonchev–Trinajstić information content (AvgIpc) is 2.56. The van der Waals surface area contributed by atoms with Gasteiger partial charge in [0, 0.05) is 5.56 Å². The lowest BCUT2D eigenvalue weighted by Crippen LogP contribution is -1.92. The Morgan fingerprint density at radius 2 is 1.17 bits per heavy atom. The first-order valence-electron chi connectivity index (χ1n) is 7.09. The van der Waals surface area contributed by atoms with Gasteiger partial charge in [-0.1, -0.05) is 31.7 Å². The summed E-state index contributed by atoms with van der Waals surface area (Å²) in [5, 5.41) is 29.1. The summed E-state index contributed by atoms with van der Waals surface area (Å²) in [5.41, 5.74) is 3.26. The Balaban J connectivity index is 0.00000208. The van der Waals surface area contributed by atoms with E-state index in [2.05, 4.69) is 0 Å². The molecule has 0 heterocycles. The van der Waals surface area contributed by atoms with Gasteiger partial charge >= 0.3 is 0 Å². The molecule has 0 aliphatic heterocycles. The minimum Gasteiger partial charge on any atom is -0.508 e. The highest BCUT2D eigenvalue weighted by molar-refractivity contribution is 5.89. The predicted octanol–water partition coefficient (Wildman–Crippen LogP) is 4.78. The van der Waals surface area contributed by atoms with Gasteiger partial charge in [0.2, 0.25) is 0 Å². The van der Waals surface area contributed by atoms with Crippen LogP contribution in [0.25, 0.3) is 22.3 Å². The number of ether oxygens (including phenoxy) is 1. The topological polar surface area (TPSA) is 69.9 Å². The van der Waals surface area contributed by atoms with Gasteiger partial charge in [0.15, 0.2) is 11.5 Å². The maximum atomic E-state index is 10.1. The summed E-state index contributed by atoms with van der Waals surface area (Å²) in [6.45, 7) is 0. The molecule has 3 N–H and O–H groups in total. The quantitative estimate of drug-likeness (QED) is 0.648. The molecule has 4 heteroatoms. The third-order valence-corrected chi connectivity index (χ3v) is 3.68. The Morgan fingerprint density at radius 1 is 0.667 bits per heavy atom. The number of methoxy groups -OCH3 is 1. The lowest BCUT2D eigenvalue weighted by molar-refractivity contribution is 0.375. The zero-order valence-corrected chi connectivity index (χ0v) is 12.5. The highest BCUT2D eigenvalue weighted by Crippen LogP contribution is 2.44. The number of phenols is 3. The summed E-state index contributed by atoms with van der Waals surface area (Å²) < 4.78 is 5.38. The molecule has 0 saturated carbocycles. The predicted molar refractivity (Wildman–Crippen MR) is 95.6 cm³/mol. The van der Waals surface area contributed by atoms with E-state index in [9.17, 15) is 15.3 Å². The highest BCUT2D eigenvalue weighted by Gasteiger charge is 2.17. The third-order valence-electron chi connectivity index (χ3n) is 3.68. The van der Waals surface area contributed by atoms with Gasteiger partial charge in [-0.3, -0.25) is 0 Å². The van der Waals surface area contributed by atoms with Crippen molar-refractivity contribution in [3.63, 3.8) is 0 Å². The first kappa shape index (κ1) is 17.2. The van der Waals surface area contributed by atoms with Crippen LogP contribution in [-0.4, -0.2) is 22.4 Å². The molecule has 4 nitrogen and oxygen atoms in total. The standard InChI is InChI=1S/C19H16O4.CH4/c1-23-19-17(22)11-10-16(12-2-6-14(20)7-3-12)18(19)13-4-8-15(21)9-5-13;/h2-11,20-22H,1H3;1H4. The zero-order chi connectivity index (χ0) is 16.4. The van der Waals surface area contributed by atoms with E-state index in [1.807, 2.05) is 0 Å². The lowest BCUT2D eigenvalue weighted by Gasteiger charge is -2.16. The third kappa shape index (κ3) is 3.13. The van der Waals surface area contributed by atoms with Crippen LogP contribution in [0.1, 0.15) is 7.43 Å². The normalized spacial score (nSPS) is 10.0. The SMILES string of the molecule is C.COc1c(O)ccc(-c2ccc(O)cc2)c1-c1ccc(O)cc1. The van der Waals surface area contributed by atoms with E-state index in [0.29, 0.717) is 5.75 Å². The Hall–Kier alpha value is -3.14. The van der Waals surface area contributed by atoms with Crippen LogP contribution in [0.15, 0.2) is 60.7 Å². The molecule has 0 saturated heterocycles. The molecule has 0 aliphatic rings. The largest absolute Gasteiger partial charge is 0.508 e. The van der Waals surface area contributed by atoms with Gasteiger partial charge in [0.1, 0.15) is 11.5 Å². The van der Waals surface area contributed by atoms with Crippen LogP contribution in [0.2, 0.25) is 0 Å². The molecular weight excluding hydrogens is 304 g/mol. The summed E-state index contributed by atoms with van der Waals surface area (Å²) in [6, 6.07) is 16.9. The Morgan fingerprint density at radius 3 is 1.67 bits per heavy atom. The van der Waals surface area contributed by atoms with E-state index in [1.54, 1.807) is 60.7 Å². The van der Waals surface area contributed by atoms with Crippen LogP contribution in [-0.2, 0) is 0 Å². The molecule has 3 aromatic rings. The molecule has 0 aliphatic carbocycles. The zero-order valence-electron chi connectivity index (χ0n) is 12.5.